The van der Waals surface area contributed by atoms with Crippen molar-refractivity contribution in [3.05, 3.63) is 23.8 Å². The average molecular weight is 207 g/mol. The molecule has 0 fully saturated rings. The molecule has 0 saturated carbocycles. The van der Waals surface area contributed by atoms with Gasteiger partial charge in [-0.3, -0.25) is 4.79 Å². The lowest BCUT2D eigenvalue weighted by molar-refractivity contribution is 0.0980. The third kappa shape index (κ3) is 2.98. The Morgan fingerprint density at radius 3 is 2.73 bits per heavy atom. The molecule has 0 unspecified atom stereocenters. The van der Waals surface area contributed by atoms with Crippen LogP contribution in [0.4, 0.5) is 5.69 Å². The van der Waals surface area contributed by atoms with E-state index in [9.17, 15) is 4.79 Å². The predicted octanol–water partition coefficient (Wildman–Crippen LogP) is 2.65. The van der Waals surface area contributed by atoms with Gasteiger partial charge in [0.2, 0.25) is 0 Å². The van der Waals surface area contributed by atoms with Crippen LogP contribution >= 0.6 is 0 Å². The molecule has 82 valence electrons. The van der Waals surface area contributed by atoms with E-state index in [1.54, 1.807) is 25.3 Å². The number of benzene rings is 1. The number of hydrogen-bond donors (Lipinski definition) is 1. The fourth-order valence-corrected chi connectivity index (χ4v) is 1.39. The number of rotatable bonds is 5. The number of ether oxygens (including phenoxy) is 1. The monoisotopic (exact) mass is 207 g/mol. The fourth-order valence-electron chi connectivity index (χ4n) is 1.39. The Bertz CT molecular complexity index is 347. The molecule has 0 aliphatic heterocycles. The molecule has 0 saturated heterocycles. The van der Waals surface area contributed by atoms with Crippen molar-refractivity contribution in [2.24, 2.45) is 0 Å². The predicted molar refractivity (Wildman–Crippen MR) is 61.3 cm³/mol. The highest BCUT2D eigenvalue weighted by molar-refractivity contribution is 5.97. The summed E-state index contributed by atoms with van der Waals surface area (Å²) in [6.07, 6.45) is 2.53. The number of Topliss-reactive ketones (excluding diaryl/α,β-unsaturated/α-hetero) is 1. The van der Waals surface area contributed by atoms with E-state index in [0.29, 0.717) is 23.4 Å². The highest BCUT2D eigenvalue weighted by Gasteiger charge is 2.07. The Labute approximate surface area is 90.2 Å². The van der Waals surface area contributed by atoms with Gasteiger partial charge < -0.3 is 10.5 Å². The molecule has 1 aromatic rings. The second kappa shape index (κ2) is 5.39. The van der Waals surface area contributed by atoms with Crippen LogP contribution in [0, 0.1) is 0 Å². The number of carbonyl (C=O) groups excluding carboxylic acids is 1. The molecule has 0 atom stereocenters. The molecule has 2 N–H and O–H groups in total. The van der Waals surface area contributed by atoms with E-state index in [1.807, 2.05) is 0 Å². The molecule has 0 spiro atoms. The van der Waals surface area contributed by atoms with Gasteiger partial charge in [-0.25, -0.2) is 0 Å². The first-order valence-corrected chi connectivity index (χ1v) is 5.15. The second-order valence-electron chi connectivity index (χ2n) is 3.48. The number of carbonyl (C=O) groups is 1. The summed E-state index contributed by atoms with van der Waals surface area (Å²) in [6.45, 7) is 2.07. The van der Waals surface area contributed by atoms with Crippen LogP contribution in [0.1, 0.15) is 36.5 Å². The molecule has 1 rings (SSSR count). The molecular weight excluding hydrogens is 190 g/mol. The first-order chi connectivity index (χ1) is 7.19. The maximum atomic E-state index is 11.7. The van der Waals surface area contributed by atoms with Crippen LogP contribution in [-0.2, 0) is 0 Å². The van der Waals surface area contributed by atoms with E-state index < -0.39 is 0 Å². The maximum absolute atomic E-state index is 11.7. The summed E-state index contributed by atoms with van der Waals surface area (Å²) in [6, 6.07) is 5.17. The van der Waals surface area contributed by atoms with E-state index in [1.165, 1.54) is 0 Å². The Balaban J connectivity index is 2.78. The van der Waals surface area contributed by atoms with Gasteiger partial charge >= 0.3 is 0 Å². The fraction of sp³-hybridized carbons (Fsp3) is 0.417. The maximum Gasteiger partial charge on any atom is 0.162 e. The number of unbranched alkanes of at least 4 members (excludes halogenated alkanes) is 1. The molecule has 0 aliphatic rings. The minimum atomic E-state index is 0.145. The van der Waals surface area contributed by atoms with Crippen molar-refractivity contribution in [3.8, 4) is 5.75 Å². The van der Waals surface area contributed by atoms with E-state index in [-0.39, 0.29) is 5.78 Å². The van der Waals surface area contributed by atoms with Gasteiger partial charge in [-0.15, -0.1) is 0 Å². The number of hydrogen-bond acceptors (Lipinski definition) is 3. The molecule has 0 amide bonds. The Morgan fingerprint density at radius 2 is 2.20 bits per heavy atom. The van der Waals surface area contributed by atoms with Crippen LogP contribution < -0.4 is 10.5 Å². The van der Waals surface area contributed by atoms with Crippen molar-refractivity contribution < 1.29 is 9.53 Å². The molecule has 1 aromatic carbocycles. The average Bonchev–Trinajstić information content (AvgIpc) is 2.25. The lowest BCUT2D eigenvalue weighted by Gasteiger charge is -2.06. The molecule has 0 bridgehead atoms. The number of nitrogens with two attached hydrogens (primary N) is 1. The van der Waals surface area contributed by atoms with Gasteiger partial charge in [0, 0.05) is 12.0 Å². The van der Waals surface area contributed by atoms with E-state index >= 15 is 0 Å². The number of anilines is 1. The summed E-state index contributed by atoms with van der Waals surface area (Å²) in [5, 5.41) is 0. The van der Waals surface area contributed by atoms with Crippen molar-refractivity contribution in [1.29, 1.82) is 0 Å². The van der Waals surface area contributed by atoms with Gasteiger partial charge in [-0.1, -0.05) is 13.3 Å². The van der Waals surface area contributed by atoms with Crippen molar-refractivity contribution in [2.75, 3.05) is 12.8 Å². The standard InChI is InChI=1S/C12H17NO2/c1-3-4-5-11(14)9-6-7-12(15-2)10(13)8-9/h6-8H,3-5,13H2,1-2H3. The minimum absolute atomic E-state index is 0.145. The molecule has 15 heavy (non-hydrogen) atoms. The highest BCUT2D eigenvalue weighted by atomic mass is 16.5. The summed E-state index contributed by atoms with van der Waals surface area (Å²) in [5.41, 5.74) is 6.90. The molecule has 3 heteroatoms. The summed E-state index contributed by atoms with van der Waals surface area (Å²) >= 11 is 0. The lowest BCUT2D eigenvalue weighted by Crippen LogP contribution is -2.01. The second-order valence-corrected chi connectivity index (χ2v) is 3.48. The highest BCUT2D eigenvalue weighted by Crippen LogP contribution is 2.22. The molecule has 3 nitrogen and oxygen atoms in total. The molecule has 0 heterocycles. The van der Waals surface area contributed by atoms with Gasteiger partial charge in [0.15, 0.2) is 5.78 Å². The summed E-state index contributed by atoms with van der Waals surface area (Å²) in [7, 11) is 1.56. The zero-order valence-corrected chi connectivity index (χ0v) is 9.25. The largest absolute Gasteiger partial charge is 0.495 e. The first kappa shape index (κ1) is 11.6. The van der Waals surface area contributed by atoms with Crippen molar-refractivity contribution >= 4 is 11.5 Å². The zero-order chi connectivity index (χ0) is 11.3. The van der Waals surface area contributed by atoms with Crippen LogP contribution in [-0.4, -0.2) is 12.9 Å². The lowest BCUT2D eigenvalue weighted by atomic mass is 10.0. The van der Waals surface area contributed by atoms with E-state index in [0.717, 1.165) is 12.8 Å². The number of nitrogen functional groups attached to an aromatic ring is 1. The topological polar surface area (TPSA) is 52.3 Å². The smallest absolute Gasteiger partial charge is 0.162 e. The third-order valence-electron chi connectivity index (χ3n) is 2.31. The Hall–Kier alpha value is -1.51. The van der Waals surface area contributed by atoms with E-state index in [2.05, 4.69) is 6.92 Å². The van der Waals surface area contributed by atoms with E-state index in [4.69, 9.17) is 10.5 Å². The van der Waals surface area contributed by atoms with Crippen LogP contribution in [0.2, 0.25) is 0 Å². The van der Waals surface area contributed by atoms with Crippen LogP contribution in [0.25, 0.3) is 0 Å². The number of methoxy groups -OCH3 is 1. The van der Waals surface area contributed by atoms with Gasteiger partial charge in [0.1, 0.15) is 5.75 Å². The van der Waals surface area contributed by atoms with Gasteiger partial charge in [-0.05, 0) is 24.6 Å². The third-order valence-corrected chi connectivity index (χ3v) is 2.31. The summed E-state index contributed by atoms with van der Waals surface area (Å²) < 4.78 is 5.02. The van der Waals surface area contributed by atoms with Crippen molar-refractivity contribution in [3.63, 3.8) is 0 Å². The zero-order valence-electron chi connectivity index (χ0n) is 9.25. The summed E-state index contributed by atoms with van der Waals surface area (Å²) in [5.74, 6) is 0.758. The molecular formula is C12H17NO2. The van der Waals surface area contributed by atoms with Crippen LogP contribution in [0.15, 0.2) is 18.2 Å². The number of ketones is 1. The first-order valence-electron chi connectivity index (χ1n) is 5.15. The van der Waals surface area contributed by atoms with Crippen molar-refractivity contribution in [1.82, 2.24) is 0 Å². The molecule has 0 aliphatic carbocycles. The van der Waals surface area contributed by atoms with Gasteiger partial charge in [-0.2, -0.15) is 0 Å². The van der Waals surface area contributed by atoms with Crippen molar-refractivity contribution in [2.45, 2.75) is 26.2 Å². The quantitative estimate of drug-likeness (QED) is 0.596. The van der Waals surface area contributed by atoms with Crippen LogP contribution in [0.3, 0.4) is 0 Å². The summed E-state index contributed by atoms with van der Waals surface area (Å²) in [4.78, 5) is 11.7. The molecule has 0 aromatic heterocycles. The van der Waals surface area contributed by atoms with Gasteiger partial charge in [0.05, 0.1) is 12.8 Å². The SMILES string of the molecule is CCCCC(=O)c1ccc(OC)c(N)c1. The normalized spacial score (nSPS) is 10.0. The Kier molecular flexibility index (Phi) is 4.16. The van der Waals surface area contributed by atoms with Gasteiger partial charge in [0.25, 0.3) is 0 Å². The van der Waals surface area contributed by atoms with Crippen LogP contribution in [0.5, 0.6) is 5.75 Å². The Morgan fingerprint density at radius 1 is 1.47 bits per heavy atom. The minimum Gasteiger partial charge on any atom is -0.495 e. The molecule has 0 radical (unpaired) electrons.